The first-order valence-corrected chi connectivity index (χ1v) is 14.4. The number of hydrogen-bond donors (Lipinski definition) is 5. The zero-order valence-electron chi connectivity index (χ0n) is 19.8. The van der Waals surface area contributed by atoms with Crippen LogP contribution in [-0.4, -0.2) is 55.1 Å². The molecule has 3 aromatic carbocycles. The van der Waals surface area contributed by atoms with Gasteiger partial charge in [0, 0.05) is 42.3 Å². The molecule has 194 valence electrons. The van der Waals surface area contributed by atoms with E-state index in [1.165, 1.54) is 10.4 Å². The standard InChI is InChI=1S/C11H13N3O3S.C10H14N4O2S2/c1-14-8-4-2-3-6-10(8)7(12)5-9(11(6)15)18(13,16)17;1-3-14(4-2)18(15,16)8-6-5-7(11)9-10(8)13-17-12-9/h2-5,14-15H,12H2,1H3,(H2,13,16,17);5-6H,3-4,11H2,1-2H3. The van der Waals surface area contributed by atoms with E-state index in [-0.39, 0.29) is 21.2 Å². The highest BCUT2D eigenvalue weighted by atomic mass is 32.2. The number of primary sulfonamides is 1. The molecule has 0 aliphatic carbocycles. The van der Waals surface area contributed by atoms with Crippen LogP contribution in [0.3, 0.4) is 0 Å². The second-order valence-corrected chi connectivity index (χ2v) is 11.5. The number of sulfonamides is 2. The Labute approximate surface area is 213 Å². The van der Waals surface area contributed by atoms with Gasteiger partial charge in [-0.15, -0.1) is 0 Å². The SMILES string of the molecule is CCN(CC)S(=O)(=O)c1ccc(N)c2nsnc12.CNc1cccc2c(O)c(S(N)(=O)=O)cc(N)c12. The van der Waals surface area contributed by atoms with Gasteiger partial charge in [-0.1, -0.05) is 26.0 Å². The van der Waals surface area contributed by atoms with Crippen LogP contribution < -0.4 is 21.9 Å². The van der Waals surface area contributed by atoms with Gasteiger partial charge in [0.05, 0.1) is 17.4 Å². The van der Waals surface area contributed by atoms with Crippen LogP contribution in [0.5, 0.6) is 5.75 Å². The smallest absolute Gasteiger partial charge is 0.245 e. The van der Waals surface area contributed by atoms with Crippen molar-refractivity contribution in [3.8, 4) is 5.75 Å². The predicted octanol–water partition coefficient (Wildman–Crippen LogP) is 2.12. The van der Waals surface area contributed by atoms with Crippen LogP contribution in [-0.2, 0) is 20.0 Å². The maximum Gasteiger partial charge on any atom is 0.245 e. The van der Waals surface area contributed by atoms with Crippen molar-refractivity contribution in [2.45, 2.75) is 23.6 Å². The fourth-order valence-electron chi connectivity index (χ4n) is 3.67. The first kappa shape index (κ1) is 27.3. The van der Waals surface area contributed by atoms with E-state index in [4.69, 9.17) is 16.6 Å². The van der Waals surface area contributed by atoms with E-state index in [9.17, 15) is 21.9 Å². The number of fused-ring (bicyclic) bond motifs is 2. The van der Waals surface area contributed by atoms with Crippen LogP contribution in [0.1, 0.15) is 13.8 Å². The van der Waals surface area contributed by atoms with Gasteiger partial charge < -0.3 is 21.9 Å². The number of phenolic OH excluding ortho intramolecular Hbond substituents is 1. The van der Waals surface area contributed by atoms with Gasteiger partial charge in [-0.2, -0.15) is 13.1 Å². The van der Waals surface area contributed by atoms with Gasteiger partial charge in [-0.25, -0.2) is 22.0 Å². The van der Waals surface area contributed by atoms with Gasteiger partial charge in [0.2, 0.25) is 20.0 Å². The lowest BCUT2D eigenvalue weighted by Crippen LogP contribution is -2.30. The van der Waals surface area contributed by atoms with Gasteiger partial charge in [0.25, 0.3) is 0 Å². The Bertz CT molecular complexity index is 1630. The van der Waals surface area contributed by atoms with Crippen LogP contribution >= 0.6 is 11.7 Å². The second kappa shape index (κ2) is 10.4. The van der Waals surface area contributed by atoms with E-state index >= 15 is 0 Å². The molecule has 12 nitrogen and oxygen atoms in total. The average molecular weight is 554 g/mol. The molecule has 4 aromatic rings. The molecule has 0 unspecified atom stereocenters. The Morgan fingerprint density at radius 2 is 1.61 bits per heavy atom. The lowest BCUT2D eigenvalue weighted by molar-refractivity contribution is 0.446. The third-order valence-electron chi connectivity index (χ3n) is 5.44. The number of rotatable bonds is 6. The molecular formula is C21H27N7O5S3. The molecule has 1 aromatic heterocycles. The number of hydrogen-bond acceptors (Lipinski definition) is 11. The number of aromatic nitrogens is 2. The molecule has 36 heavy (non-hydrogen) atoms. The number of nitrogens with one attached hydrogen (secondary N) is 1. The van der Waals surface area contributed by atoms with Gasteiger partial charge in [-0.05, 0) is 24.3 Å². The first-order chi connectivity index (χ1) is 16.9. The van der Waals surface area contributed by atoms with Crippen LogP contribution in [0.15, 0.2) is 46.2 Å². The van der Waals surface area contributed by atoms with Crippen molar-refractivity contribution in [1.29, 1.82) is 0 Å². The van der Waals surface area contributed by atoms with Crippen molar-refractivity contribution in [1.82, 2.24) is 13.1 Å². The summed E-state index contributed by atoms with van der Waals surface area (Å²) in [6.45, 7) is 4.44. The minimum atomic E-state index is -4.02. The molecule has 0 atom stereocenters. The Balaban J connectivity index is 0.000000201. The maximum atomic E-state index is 12.4. The summed E-state index contributed by atoms with van der Waals surface area (Å²) in [6.07, 6.45) is 0. The molecule has 0 bridgehead atoms. The lowest BCUT2D eigenvalue weighted by Gasteiger charge is -2.18. The van der Waals surface area contributed by atoms with Gasteiger partial charge in [0.1, 0.15) is 26.6 Å². The quantitative estimate of drug-likeness (QED) is 0.173. The molecule has 4 rings (SSSR count). The third-order valence-corrected chi connectivity index (χ3v) is 8.97. The summed E-state index contributed by atoms with van der Waals surface area (Å²) < 4.78 is 57.0. The summed E-state index contributed by atoms with van der Waals surface area (Å²) in [5, 5.41) is 18.8. The highest BCUT2D eigenvalue weighted by molar-refractivity contribution is 7.89. The maximum absolute atomic E-state index is 12.4. The predicted molar refractivity (Wildman–Crippen MR) is 143 cm³/mol. The number of anilines is 3. The molecule has 0 radical (unpaired) electrons. The van der Waals surface area contributed by atoms with Crippen LogP contribution in [0.4, 0.5) is 17.1 Å². The molecule has 1 heterocycles. The average Bonchev–Trinajstić information content (AvgIpc) is 3.32. The summed E-state index contributed by atoms with van der Waals surface area (Å²) in [6, 6.07) is 9.24. The summed E-state index contributed by atoms with van der Waals surface area (Å²) in [7, 11) is -5.84. The molecule has 0 aliphatic rings. The van der Waals surface area contributed by atoms with E-state index in [1.54, 1.807) is 45.2 Å². The van der Waals surface area contributed by atoms with E-state index in [2.05, 4.69) is 14.1 Å². The first-order valence-electron chi connectivity index (χ1n) is 10.6. The van der Waals surface area contributed by atoms with Gasteiger partial charge in [-0.3, -0.25) is 0 Å². The molecule has 0 amide bonds. The Hall–Kier alpha value is -3.24. The normalized spacial score (nSPS) is 12.0. The van der Waals surface area contributed by atoms with E-state index in [0.29, 0.717) is 46.3 Å². The largest absolute Gasteiger partial charge is 0.506 e. The Morgan fingerprint density at radius 1 is 0.972 bits per heavy atom. The lowest BCUT2D eigenvalue weighted by atomic mass is 10.1. The fourth-order valence-corrected chi connectivity index (χ4v) is 6.57. The molecule has 0 aliphatic heterocycles. The fraction of sp³-hybridized carbons (Fsp3) is 0.238. The Morgan fingerprint density at radius 3 is 2.19 bits per heavy atom. The highest BCUT2D eigenvalue weighted by Crippen LogP contribution is 2.38. The molecule has 15 heteroatoms. The van der Waals surface area contributed by atoms with E-state index in [0.717, 1.165) is 17.8 Å². The number of phenols is 1. The number of nitrogens with two attached hydrogens (primary N) is 3. The minimum Gasteiger partial charge on any atom is -0.506 e. The number of aromatic hydroxyl groups is 1. The van der Waals surface area contributed by atoms with Gasteiger partial charge in [0.15, 0.2) is 0 Å². The van der Waals surface area contributed by atoms with Crippen molar-refractivity contribution in [3.63, 3.8) is 0 Å². The van der Waals surface area contributed by atoms with Crippen molar-refractivity contribution in [3.05, 3.63) is 36.4 Å². The number of nitrogen functional groups attached to an aromatic ring is 2. The topological polar surface area (TPSA) is 208 Å². The minimum absolute atomic E-state index is 0.171. The molecule has 0 spiro atoms. The monoisotopic (exact) mass is 553 g/mol. The van der Waals surface area contributed by atoms with E-state index in [1.807, 2.05) is 0 Å². The van der Waals surface area contributed by atoms with Crippen molar-refractivity contribution >= 4 is 70.6 Å². The summed E-state index contributed by atoms with van der Waals surface area (Å²) in [5.74, 6) is -0.390. The number of benzene rings is 3. The molecule has 0 saturated carbocycles. The molecular weight excluding hydrogens is 526 g/mol. The second-order valence-electron chi connectivity index (χ2n) is 7.54. The molecule has 0 fully saturated rings. The van der Waals surface area contributed by atoms with Crippen molar-refractivity contribution < 1.29 is 21.9 Å². The zero-order chi connectivity index (χ0) is 26.8. The summed E-state index contributed by atoms with van der Waals surface area (Å²) in [4.78, 5) is -0.204. The van der Waals surface area contributed by atoms with Crippen molar-refractivity contribution in [2.75, 3.05) is 36.9 Å². The van der Waals surface area contributed by atoms with E-state index < -0.39 is 20.0 Å². The van der Waals surface area contributed by atoms with Gasteiger partial charge >= 0.3 is 0 Å². The Kier molecular flexibility index (Phi) is 7.90. The van der Waals surface area contributed by atoms with Crippen LogP contribution in [0, 0.1) is 0 Å². The third kappa shape index (κ3) is 5.01. The van der Waals surface area contributed by atoms with Crippen LogP contribution in [0.25, 0.3) is 21.8 Å². The summed E-state index contributed by atoms with van der Waals surface area (Å²) in [5.41, 5.74) is 13.8. The zero-order valence-corrected chi connectivity index (χ0v) is 22.2. The summed E-state index contributed by atoms with van der Waals surface area (Å²) >= 11 is 0.961. The number of nitrogens with zero attached hydrogens (tertiary/aromatic N) is 3. The highest BCUT2D eigenvalue weighted by Gasteiger charge is 2.26. The van der Waals surface area contributed by atoms with Crippen molar-refractivity contribution in [2.24, 2.45) is 5.14 Å². The molecule has 8 N–H and O–H groups in total. The van der Waals surface area contributed by atoms with Crippen LogP contribution in [0.2, 0.25) is 0 Å². The molecule has 0 saturated heterocycles.